The minimum Gasteiger partial charge on any atom is -0.340 e. The van der Waals surface area contributed by atoms with E-state index in [1.54, 1.807) is 0 Å². The van der Waals surface area contributed by atoms with Crippen LogP contribution in [0, 0.1) is 5.92 Å². The first kappa shape index (κ1) is 15.7. The molecular weight excluding hydrogens is 272 g/mol. The Morgan fingerprint density at radius 2 is 2.15 bits per heavy atom. The van der Waals surface area contributed by atoms with Crippen LogP contribution < -0.4 is 5.32 Å². The topological polar surface area (TPSA) is 49.4 Å². The minimum absolute atomic E-state index is 0.0134. The Bertz CT molecular complexity index is 393. The molecule has 2 amide bonds. The van der Waals surface area contributed by atoms with Gasteiger partial charge in [-0.25, -0.2) is 0 Å². The summed E-state index contributed by atoms with van der Waals surface area (Å²) < 4.78 is 0. The molecule has 0 aromatic rings. The summed E-state index contributed by atoms with van der Waals surface area (Å²) in [5, 5.41) is 2.96. The molecule has 2 rings (SSSR count). The standard InChI is InChI=1S/C15H26N2O2S/c1-5-15(4)14(19)17(11-7-6-8-20-9-11)12(10(2)3)13(18)16-15/h10-12H,5-9H2,1-4H3,(H,16,18). The van der Waals surface area contributed by atoms with Gasteiger partial charge in [0.05, 0.1) is 0 Å². The summed E-state index contributed by atoms with van der Waals surface area (Å²) in [5.41, 5.74) is -0.732. The number of amides is 2. The molecule has 2 heterocycles. The predicted molar refractivity (Wildman–Crippen MR) is 82.7 cm³/mol. The fourth-order valence-electron chi connectivity index (χ4n) is 3.14. The van der Waals surface area contributed by atoms with Crippen molar-refractivity contribution in [3.05, 3.63) is 0 Å². The van der Waals surface area contributed by atoms with Gasteiger partial charge in [-0.3, -0.25) is 9.59 Å². The lowest BCUT2D eigenvalue weighted by atomic mass is 9.86. The number of thioether (sulfide) groups is 1. The van der Waals surface area contributed by atoms with Gasteiger partial charge in [0, 0.05) is 11.8 Å². The van der Waals surface area contributed by atoms with E-state index in [2.05, 4.69) is 5.32 Å². The van der Waals surface area contributed by atoms with Gasteiger partial charge in [-0.15, -0.1) is 0 Å². The molecule has 2 aliphatic rings. The highest BCUT2D eigenvalue weighted by atomic mass is 32.2. The van der Waals surface area contributed by atoms with Crippen LogP contribution in [0.25, 0.3) is 0 Å². The van der Waals surface area contributed by atoms with Crippen molar-refractivity contribution >= 4 is 23.6 Å². The van der Waals surface area contributed by atoms with Crippen molar-refractivity contribution in [3.63, 3.8) is 0 Å². The van der Waals surface area contributed by atoms with E-state index in [4.69, 9.17) is 0 Å². The largest absolute Gasteiger partial charge is 0.340 e. The highest BCUT2D eigenvalue weighted by molar-refractivity contribution is 7.99. The summed E-state index contributed by atoms with van der Waals surface area (Å²) >= 11 is 1.90. The third-order valence-corrected chi connectivity index (χ3v) is 5.74. The third-order valence-electron chi connectivity index (χ3n) is 4.54. The van der Waals surface area contributed by atoms with Gasteiger partial charge in [0.15, 0.2) is 0 Å². The van der Waals surface area contributed by atoms with E-state index >= 15 is 0 Å². The molecule has 0 spiro atoms. The average Bonchev–Trinajstić information content (AvgIpc) is 2.43. The smallest absolute Gasteiger partial charge is 0.248 e. The summed E-state index contributed by atoms with van der Waals surface area (Å²) in [6.45, 7) is 7.86. The number of carbonyl (C=O) groups is 2. The third kappa shape index (κ3) is 2.69. The Hall–Kier alpha value is -0.710. The van der Waals surface area contributed by atoms with E-state index in [9.17, 15) is 9.59 Å². The van der Waals surface area contributed by atoms with Crippen molar-refractivity contribution < 1.29 is 9.59 Å². The second-order valence-corrected chi connectivity index (χ2v) is 7.60. The van der Waals surface area contributed by atoms with E-state index in [0.717, 1.165) is 18.6 Å². The maximum absolute atomic E-state index is 12.9. The molecular formula is C15H26N2O2S. The average molecular weight is 298 g/mol. The molecule has 0 bridgehead atoms. The van der Waals surface area contributed by atoms with Crippen LogP contribution in [-0.2, 0) is 9.59 Å². The first-order valence-electron chi connectivity index (χ1n) is 7.63. The zero-order valence-corrected chi connectivity index (χ0v) is 13.8. The Morgan fingerprint density at radius 3 is 2.65 bits per heavy atom. The van der Waals surface area contributed by atoms with Crippen molar-refractivity contribution in [2.45, 2.75) is 64.6 Å². The quantitative estimate of drug-likeness (QED) is 0.867. The number of rotatable bonds is 3. The molecule has 0 radical (unpaired) electrons. The van der Waals surface area contributed by atoms with Gasteiger partial charge >= 0.3 is 0 Å². The fraction of sp³-hybridized carbons (Fsp3) is 0.867. The summed E-state index contributed by atoms with van der Waals surface area (Å²) in [7, 11) is 0. The lowest BCUT2D eigenvalue weighted by Gasteiger charge is -2.49. The van der Waals surface area contributed by atoms with E-state index in [-0.39, 0.29) is 29.8 Å². The van der Waals surface area contributed by atoms with Gasteiger partial charge in [-0.1, -0.05) is 20.8 Å². The van der Waals surface area contributed by atoms with Crippen LogP contribution in [0.15, 0.2) is 0 Å². The number of hydrogen-bond acceptors (Lipinski definition) is 3. The number of piperazine rings is 1. The van der Waals surface area contributed by atoms with Crippen LogP contribution in [0.4, 0.5) is 0 Å². The van der Waals surface area contributed by atoms with Crippen LogP contribution in [-0.4, -0.2) is 45.8 Å². The lowest BCUT2D eigenvalue weighted by molar-refractivity contribution is -0.159. The first-order valence-corrected chi connectivity index (χ1v) is 8.78. The van der Waals surface area contributed by atoms with Gasteiger partial charge in [0.2, 0.25) is 11.8 Å². The molecule has 2 saturated heterocycles. The van der Waals surface area contributed by atoms with E-state index in [1.165, 1.54) is 5.75 Å². The number of nitrogens with zero attached hydrogens (tertiary/aromatic N) is 1. The van der Waals surface area contributed by atoms with Gasteiger partial charge in [-0.2, -0.15) is 11.8 Å². The normalized spacial score (nSPS) is 35.4. The maximum atomic E-state index is 12.9. The second kappa shape index (κ2) is 5.96. The summed E-state index contributed by atoms with van der Waals surface area (Å²) in [6, 6.07) is -0.101. The second-order valence-electron chi connectivity index (χ2n) is 6.45. The Labute approximate surface area is 126 Å². The van der Waals surface area contributed by atoms with Crippen molar-refractivity contribution in [3.8, 4) is 0 Å². The fourth-order valence-corrected chi connectivity index (χ4v) is 4.27. The van der Waals surface area contributed by atoms with Crippen LogP contribution in [0.2, 0.25) is 0 Å². The van der Waals surface area contributed by atoms with Gasteiger partial charge in [0.1, 0.15) is 11.6 Å². The van der Waals surface area contributed by atoms with Crippen LogP contribution in [0.5, 0.6) is 0 Å². The SMILES string of the molecule is CCC1(C)NC(=O)C(C(C)C)N(C2CCCSC2)C1=O. The Balaban J connectivity index is 2.33. The summed E-state index contributed by atoms with van der Waals surface area (Å²) in [6.07, 6.45) is 2.79. The molecule has 4 nitrogen and oxygen atoms in total. The molecule has 3 atom stereocenters. The van der Waals surface area contributed by atoms with Gasteiger partial charge in [-0.05, 0) is 37.9 Å². The van der Waals surface area contributed by atoms with E-state index < -0.39 is 5.54 Å². The summed E-state index contributed by atoms with van der Waals surface area (Å²) in [4.78, 5) is 27.4. The van der Waals surface area contributed by atoms with Gasteiger partial charge in [0.25, 0.3) is 0 Å². The highest BCUT2D eigenvalue weighted by Crippen LogP contribution is 2.31. The zero-order valence-electron chi connectivity index (χ0n) is 12.9. The Kier molecular flexibility index (Phi) is 4.67. The predicted octanol–water partition coefficient (Wildman–Crippen LogP) is 2.03. The Morgan fingerprint density at radius 1 is 1.45 bits per heavy atom. The molecule has 2 aliphatic heterocycles. The van der Waals surface area contributed by atoms with E-state index in [1.807, 2.05) is 44.4 Å². The van der Waals surface area contributed by atoms with Crippen molar-refractivity contribution in [1.82, 2.24) is 10.2 Å². The van der Waals surface area contributed by atoms with E-state index in [0.29, 0.717) is 6.42 Å². The van der Waals surface area contributed by atoms with Gasteiger partial charge < -0.3 is 10.2 Å². The van der Waals surface area contributed by atoms with Crippen molar-refractivity contribution in [2.24, 2.45) is 5.92 Å². The first-order chi connectivity index (χ1) is 9.40. The molecule has 0 aromatic heterocycles. The molecule has 5 heteroatoms. The number of nitrogens with one attached hydrogen (secondary N) is 1. The van der Waals surface area contributed by atoms with Crippen LogP contribution in [0.3, 0.4) is 0 Å². The molecule has 2 fully saturated rings. The number of hydrogen-bond donors (Lipinski definition) is 1. The molecule has 1 N–H and O–H groups in total. The van der Waals surface area contributed by atoms with Crippen molar-refractivity contribution in [1.29, 1.82) is 0 Å². The molecule has 0 saturated carbocycles. The monoisotopic (exact) mass is 298 g/mol. The van der Waals surface area contributed by atoms with Crippen molar-refractivity contribution in [2.75, 3.05) is 11.5 Å². The molecule has 114 valence electrons. The van der Waals surface area contributed by atoms with Crippen LogP contribution in [0.1, 0.15) is 47.0 Å². The maximum Gasteiger partial charge on any atom is 0.248 e. The number of carbonyl (C=O) groups excluding carboxylic acids is 2. The summed E-state index contributed by atoms with van der Waals surface area (Å²) in [5.74, 6) is 2.39. The molecule has 20 heavy (non-hydrogen) atoms. The molecule has 0 aromatic carbocycles. The molecule has 0 aliphatic carbocycles. The molecule has 3 unspecified atom stereocenters. The minimum atomic E-state index is -0.732. The lowest BCUT2D eigenvalue weighted by Crippen LogP contribution is -2.72. The zero-order chi connectivity index (χ0) is 14.9. The van der Waals surface area contributed by atoms with Crippen LogP contribution >= 0.6 is 11.8 Å². The highest BCUT2D eigenvalue weighted by Gasteiger charge is 2.50.